The van der Waals surface area contributed by atoms with Gasteiger partial charge in [0.05, 0.1) is 13.2 Å². The molecule has 1 fully saturated rings. The normalized spacial score (nSPS) is 16.4. The zero-order valence-electron chi connectivity index (χ0n) is 13.4. The van der Waals surface area contributed by atoms with Gasteiger partial charge < -0.3 is 15.4 Å². The van der Waals surface area contributed by atoms with E-state index in [1.165, 1.54) is 6.07 Å². The monoisotopic (exact) mass is 325 g/mol. The van der Waals surface area contributed by atoms with E-state index >= 15 is 0 Å². The van der Waals surface area contributed by atoms with Crippen molar-refractivity contribution in [2.75, 3.05) is 38.2 Å². The van der Waals surface area contributed by atoms with Gasteiger partial charge in [-0.25, -0.2) is 4.39 Å². The molecule has 2 rings (SSSR count). The lowest BCUT2D eigenvalue weighted by molar-refractivity contribution is -0.00823. The van der Waals surface area contributed by atoms with E-state index in [9.17, 15) is 4.39 Å². The topological polar surface area (TPSA) is 36.5 Å². The summed E-state index contributed by atoms with van der Waals surface area (Å²) in [7, 11) is 0. The summed E-state index contributed by atoms with van der Waals surface area (Å²) in [5, 5.41) is 6.75. The molecule has 22 heavy (non-hydrogen) atoms. The quantitative estimate of drug-likeness (QED) is 0.832. The number of ether oxygens (including phenoxy) is 1. The first-order chi connectivity index (χ1) is 10.4. The Labute approximate surface area is 137 Å². The van der Waals surface area contributed by atoms with Crippen molar-refractivity contribution in [2.24, 2.45) is 0 Å². The maximum atomic E-state index is 13.5. The Morgan fingerprint density at radius 3 is 2.68 bits per heavy atom. The molecule has 1 saturated heterocycles. The Kier molecular flexibility index (Phi) is 5.72. The number of benzene rings is 1. The van der Waals surface area contributed by atoms with Gasteiger partial charge in [-0.15, -0.1) is 0 Å². The molecule has 0 unspecified atom stereocenters. The summed E-state index contributed by atoms with van der Waals surface area (Å²) < 4.78 is 18.9. The standard InChI is InChI=1S/C16H24FN3OS/c1-12-4-5-13(10-14(12)17)19-15(22)18-11-16(2,3)20-6-8-21-9-7-20/h4-5,10H,6-9,11H2,1-3H3,(H2,18,19,22). The van der Waals surface area contributed by atoms with Crippen LogP contribution < -0.4 is 10.6 Å². The van der Waals surface area contributed by atoms with Crippen LogP contribution in [0.1, 0.15) is 19.4 Å². The highest BCUT2D eigenvalue weighted by molar-refractivity contribution is 7.80. The third kappa shape index (κ3) is 4.63. The third-order valence-corrected chi connectivity index (χ3v) is 4.22. The predicted octanol–water partition coefficient (Wildman–Crippen LogP) is 2.53. The number of hydrogen-bond donors (Lipinski definition) is 2. The van der Waals surface area contributed by atoms with Crippen molar-refractivity contribution in [2.45, 2.75) is 26.3 Å². The van der Waals surface area contributed by atoms with Gasteiger partial charge in [0.15, 0.2) is 5.11 Å². The molecule has 1 aromatic carbocycles. The SMILES string of the molecule is Cc1ccc(NC(=S)NCC(C)(C)N2CCOCC2)cc1F. The number of hydrogen-bond acceptors (Lipinski definition) is 3. The molecule has 6 heteroatoms. The van der Waals surface area contributed by atoms with Crippen LogP contribution in [-0.2, 0) is 4.74 Å². The molecule has 2 N–H and O–H groups in total. The Hall–Kier alpha value is -1.24. The summed E-state index contributed by atoms with van der Waals surface area (Å²) in [5.41, 5.74) is 1.26. The molecule has 0 saturated carbocycles. The molecule has 4 nitrogen and oxygen atoms in total. The van der Waals surface area contributed by atoms with Gasteiger partial charge in [-0.05, 0) is 50.7 Å². The highest BCUT2D eigenvalue weighted by Gasteiger charge is 2.28. The minimum atomic E-state index is -0.235. The van der Waals surface area contributed by atoms with Crippen molar-refractivity contribution in [3.05, 3.63) is 29.6 Å². The summed E-state index contributed by atoms with van der Waals surface area (Å²) in [6.45, 7) is 10.2. The lowest BCUT2D eigenvalue weighted by Crippen LogP contribution is -2.55. The molecule has 1 aromatic rings. The van der Waals surface area contributed by atoms with E-state index in [0.717, 1.165) is 26.3 Å². The fourth-order valence-corrected chi connectivity index (χ4v) is 2.61. The summed E-state index contributed by atoms with van der Waals surface area (Å²) in [6, 6.07) is 5.01. The van der Waals surface area contributed by atoms with Crippen LogP contribution in [0.3, 0.4) is 0 Å². The van der Waals surface area contributed by atoms with E-state index in [1.807, 2.05) is 6.07 Å². The molecule has 1 heterocycles. The molecule has 0 bridgehead atoms. The number of anilines is 1. The number of rotatable bonds is 4. The van der Waals surface area contributed by atoms with E-state index in [-0.39, 0.29) is 11.4 Å². The summed E-state index contributed by atoms with van der Waals surface area (Å²) in [4.78, 5) is 2.39. The number of thiocarbonyl (C=S) groups is 1. The van der Waals surface area contributed by atoms with E-state index in [2.05, 4.69) is 29.4 Å². The highest BCUT2D eigenvalue weighted by atomic mass is 32.1. The second-order valence-electron chi connectivity index (χ2n) is 6.18. The third-order valence-electron chi connectivity index (χ3n) is 3.98. The van der Waals surface area contributed by atoms with Crippen molar-refractivity contribution in [3.63, 3.8) is 0 Å². The molecular weight excluding hydrogens is 301 g/mol. The van der Waals surface area contributed by atoms with Gasteiger partial charge in [0.2, 0.25) is 0 Å². The smallest absolute Gasteiger partial charge is 0.170 e. The van der Waals surface area contributed by atoms with E-state index < -0.39 is 0 Å². The second-order valence-corrected chi connectivity index (χ2v) is 6.59. The minimum Gasteiger partial charge on any atom is -0.379 e. The first-order valence-electron chi connectivity index (χ1n) is 7.52. The minimum absolute atomic E-state index is 0.0198. The molecule has 1 aliphatic heterocycles. The van der Waals surface area contributed by atoms with Gasteiger partial charge in [-0.1, -0.05) is 6.07 Å². The highest BCUT2D eigenvalue weighted by Crippen LogP contribution is 2.16. The van der Waals surface area contributed by atoms with Crippen LogP contribution in [0.4, 0.5) is 10.1 Å². The Morgan fingerprint density at radius 1 is 1.36 bits per heavy atom. The first-order valence-corrected chi connectivity index (χ1v) is 7.93. The van der Waals surface area contributed by atoms with Crippen LogP contribution in [0.25, 0.3) is 0 Å². The Bertz CT molecular complexity index is 530. The predicted molar refractivity (Wildman–Crippen MR) is 91.8 cm³/mol. The lowest BCUT2D eigenvalue weighted by Gasteiger charge is -2.41. The number of aryl methyl sites for hydroxylation is 1. The van der Waals surface area contributed by atoms with Crippen LogP contribution in [0.15, 0.2) is 18.2 Å². The van der Waals surface area contributed by atoms with Crippen LogP contribution >= 0.6 is 12.2 Å². The second kappa shape index (κ2) is 7.35. The lowest BCUT2D eigenvalue weighted by atomic mass is 10.0. The van der Waals surface area contributed by atoms with Crippen LogP contribution in [0.5, 0.6) is 0 Å². The number of nitrogens with one attached hydrogen (secondary N) is 2. The maximum Gasteiger partial charge on any atom is 0.170 e. The zero-order valence-corrected chi connectivity index (χ0v) is 14.2. The van der Waals surface area contributed by atoms with Gasteiger partial charge in [0, 0.05) is 30.9 Å². The molecule has 0 aliphatic carbocycles. The average Bonchev–Trinajstić information content (AvgIpc) is 2.50. The van der Waals surface area contributed by atoms with Crippen LogP contribution in [0, 0.1) is 12.7 Å². The number of halogens is 1. The van der Waals surface area contributed by atoms with Crippen LogP contribution in [0.2, 0.25) is 0 Å². The van der Waals surface area contributed by atoms with Crippen molar-refractivity contribution in [1.82, 2.24) is 10.2 Å². The first kappa shape index (κ1) is 17.1. The Morgan fingerprint density at radius 2 is 2.05 bits per heavy atom. The van der Waals surface area contributed by atoms with Crippen molar-refractivity contribution in [1.29, 1.82) is 0 Å². The van der Waals surface area contributed by atoms with E-state index in [4.69, 9.17) is 17.0 Å². The molecule has 0 spiro atoms. The van der Waals surface area contributed by atoms with Crippen molar-refractivity contribution in [3.8, 4) is 0 Å². The fraction of sp³-hybridized carbons (Fsp3) is 0.562. The summed E-state index contributed by atoms with van der Waals surface area (Å²) >= 11 is 5.29. The largest absolute Gasteiger partial charge is 0.379 e. The Balaban J connectivity index is 1.84. The fourth-order valence-electron chi connectivity index (χ4n) is 2.42. The van der Waals surface area contributed by atoms with Gasteiger partial charge in [-0.3, -0.25) is 4.90 Å². The molecule has 0 amide bonds. The van der Waals surface area contributed by atoms with E-state index in [0.29, 0.717) is 22.9 Å². The molecule has 0 radical (unpaired) electrons. The van der Waals surface area contributed by atoms with Gasteiger partial charge in [-0.2, -0.15) is 0 Å². The van der Waals surface area contributed by atoms with E-state index in [1.54, 1.807) is 13.0 Å². The average molecular weight is 325 g/mol. The van der Waals surface area contributed by atoms with Crippen molar-refractivity contribution < 1.29 is 9.13 Å². The van der Waals surface area contributed by atoms with Gasteiger partial charge in [0.25, 0.3) is 0 Å². The van der Waals surface area contributed by atoms with Crippen molar-refractivity contribution >= 4 is 23.0 Å². The molecule has 1 aliphatic rings. The molecule has 0 atom stereocenters. The number of nitrogens with zero attached hydrogens (tertiary/aromatic N) is 1. The maximum absolute atomic E-state index is 13.5. The summed E-state index contributed by atoms with van der Waals surface area (Å²) in [6.07, 6.45) is 0. The zero-order chi connectivity index (χ0) is 16.2. The van der Waals surface area contributed by atoms with Gasteiger partial charge >= 0.3 is 0 Å². The molecular formula is C16H24FN3OS. The van der Waals surface area contributed by atoms with Gasteiger partial charge in [0.1, 0.15) is 5.82 Å². The molecule has 122 valence electrons. The summed E-state index contributed by atoms with van der Waals surface area (Å²) in [5.74, 6) is -0.235. The van der Waals surface area contributed by atoms with Crippen LogP contribution in [-0.4, -0.2) is 48.4 Å². The number of morpholine rings is 1. The molecule has 0 aromatic heterocycles.